The highest BCUT2D eigenvalue weighted by atomic mass is 16.6. The van der Waals surface area contributed by atoms with Crippen molar-refractivity contribution >= 4 is 23.2 Å². The van der Waals surface area contributed by atoms with Crippen LogP contribution in [-0.2, 0) is 9.59 Å². The first kappa shape index (κ1) is 19.7. The monoisotopic (exact) mass is 373 g/mol. The van der Waals surface area contributed by atoms with Gasteiger partial charge >= 0.3 is 0 Å². The van der Waals surface area contributed by atoms with Gasteiger partial charge < -0.3 is 19.7 Å². The summed E-state index contributed by atoms with van der Waals surface area (Å²) in [7, 11) is 2.99. The second kappa shape index (κ2) is 9.18. The highest BCUT2D eigenvalue weighted by Gasteiger charge is 2.15. The van der Waals surface area contributed by atoms with E-state index >= 15 is 0 Å². The number of benzene rings is 2. The Labute approximate surface area is 155 Å². The fourth-order valence-corrected chi connectivity index (χ4v) is 2.15. The van der Waals surface area contributed by atoms with Gasteiger partial charge in [-0.1, -0.05) is 12.1 Å². The Morgan fingerprint density at radius 3 is 2.56 bits per heavy atom. The summed E-state index contributed by atoms with van der Waals surface area (Å²) in [4.78, 5) is 35.5. The Morgan fingerprint density at radius 2 is 1.85 bits per heavy atom. The number of nitrogens with one attached hydrogen (secondary N) is 1. The number of likely N-dealkylation sites (N-methyl/N-ethyl adjacent to an activating group) is 1. The van der Waals surface area contributed by atoms with Crippen molar-refractivity contribution in [2.75, 3.05) is 32.6 Å². The topological polar surface area (TPSA) is 111 Å². The average molecular weight is 373 g/mol. The van der Waals surface area contributed by atoms with Crippen LogP contribution >= 0.6 is 0 Å². The predicted octanol–water partition coefficient (Wildman–Crippen LogP) is 2.08. The van der Waals surface area contributed by atoms with Crippen LogP contribution in [0.5, 0.6) is 11.5 Å². The van der Waals surface area contributed by atoms with Crippen molar-refractivity contribution in [1.82, 2.24) is 4.90 Å². The second-order valence-corrected chi connectivity index (χ2v) is 5.57. The Balaban J connectivity index is 1.84. The molecule has 1 N–H and O–H groups in total. The number of rotatable bonds is 8. The summed E-state index contributed by atoms with van der Waals surface area (Å²) in [5.41, 5.74) is 0.416. The van der Waals surface area contributed by atoms with E-state index in [0.29, 0.717) is 11.4 Å². The zero-order chi connectivity index (χ0) is 19.8. The van der Waals surface area contributed by atoms with Gasteiger partial charge in [-0.2, -0.15) is 0 Å². The molecule has 0 bridgehead atoms. The first-order chi connectivity index (χ1) is 12.9. The van der Waals surface area contributed by atoms with Gasteiger partial charge in [-0.25, -0.2) is 0 Å². The molecule has 0 saturated carbocycles. The van der Waals surface area contributed by atoms with Gasteiger partial charge in [-0.15, -0.1) is 0 Å². The molecular formula is C18H19N3O6. The number of non-ortho nitro benzene ring substituents is 1. The Morgan fingerprint density at radius 1 is 1.15 bits per heavy atom. The van der Waals surface area contributed by atoms with Gasteiger partial charge in [-0.3, -0.25) is 19.7 Å². The molecule has 0 aromatic heterocycles. The molecular weight excluding hydrogens is 354 g/mol. The van der Waals surface area contributed by atoms with E-state index in [1.54, 1.807) is 24.3 Å². The lowest BCUT2D eigenvalue weighted by Crippen LogP contribution is -2.37. The highest BCUT2D eigenvalue weighted by molar-refractivity contribution is 5.94. The minimum absolute atomic E-state index is 0.133. The fourth-order valence-electron chi connectivity index (χ4n) is 2.15. The van der Waals surface area contributed by atoms with Crippen LogP contribution in [0.25, 0.3) is 0 Å². The molecule has 0 aliphatic rings. The van der Waals surface area contributed by atoms with Crippen LogP contribution in [0.2, 0.25) is 0 Å². The maximum Gasteiger partial charge on any atom is 0.273 e. The van der Waals surface area contributed by atoms with Gasteiger partial charge in [0.05, 0.1) is 24.6 Å². The maximum atomic E-state index is 12.1. The zero-order valence-electron chi connectivity index (χ0n) is 14.9. The third-order valence-electron chi connectivity index (χ3n) is 3.55. The molecule has 27 heavy (non-hydrogen) atoms. The summed E-state index contributed by atoms with van der Waals surface area (Å²) >= 11 is 0. The third-order valence-corrected chi connectivity index (χ3v) is 3.55. The smallest absolute Gasteiger partial charge is 0.273 e. The molecule has 0 atom stereocenters. The zero-order valence-corrected chi connectivity index (χ0v) is 14.9. The van der Waals surface area contributed by atoms with Gasteiger partial charge in [0.2, 0.25) is 5.91 Å². The lowest BCUT2D eigenvalue weighted by atomic mass is 10.3. The number of carbonyl (C=O) groups excluding carboxylic acids is 2. The summed E-state index contributed by atoms with van der Waals surface area (Å²) in [5, 5.41) is 13.4. The molecule has 2 amide bonds. The Kier molecular flexibility index (Phi) is 6.70. The normalized spacial score (nSPS) is 10.0. The SMILES string of the molecule is COc1cccc(NC(=O)CN(C)C(=O)COc2cccc([N+](=O)[O-])c2)c1. The number of hydrogen-bond donors (Lipinski definition) is 1. The maximum absolute atomic E-state index is 12.1. The number of amides is 2. The molecule has 0 heterocycles. The Hall–Kier alpha value is -3.62. The predicted molar refractivity (Wildman–Crippen MR) is 97.9 cm³/mol. The van der Waals surface area contributed by atoms with Gasteiger partial charge in [0.15, 0.2) is 6.61 Å². The first-order valence-corrected chi connectivity index (χ1v) is 7.94. The van der Waals surface area contributed by atoms with E-state index < -0.39 is 10.8 Å². The van der Waals surface area contributed by atoms with Crippen molar-refractivity contribution in [3.63, 3.8) is 0 Å². The molecule has 9 heteroatoms. The molecule has 2 rings (SSSR count). The van der Waals surface area contributed by atoms with Gasteiger partial charge in [-0.05, 0) is 18.2 Å². The molecule has 0 radical (unpaired) electrons. The van der Waals surface area contributed by atoms with Crippen molar-refractivity contribution in [2.45, 2.75) is 0 Å². The number of nitro groups is 1. The summed E-state index contributed by atoms with van der Waals surface area (Å²) in [6.07, 6.45) is 0. The number of hydrogen-bond acceptors (Lipinski definition) is 6. The minimum Gasteiger partial charge on any atom is -0.497 e. The molecule has 0 unspecified atom stereocenters. The second-order valence-electron chi connectivity index (χ2n) is 5.57. The van der Waals surface area contributed by atoms with Crippen LogP contribution in [0.1, 0.15) is 0 Å². The number of nitro benzene ring substituents is 1. The number of anilines is 1. The number of nitrogens with zero attached hydrogens (tertiary/aromatic N) is 2. The van der Waals surface area contributed by atoms with E-state index in [1.807, 2.05) is 0 Å². The molecule has 0 fully saturated rings. The summed E-state index contributed by atoms with van der Waals surface area (Å²) in [6.45, 7) is -0.515. The average Bonchev–Trinajstić information content (AvgIpc) is 2.66. The molecule has 2 aromatic rings. The lowest BCUT2D eigenvalue weighted by molar-refractivity contribution is -0.384. The van der Waals surface area contributed by atoms with Gasteiger partial charge in [0.25, 0.3) is 11.6 Å². The molecule has 0 saturated heterocycles. The molecule has 0 spiro atoms. The number of methoxy groups -OCH3 is 1. The minimum atomic E-state index is -0.552. The Bertz CT molecular complexity index is 839. The first-order valence-electron chi connectivity index (χ1n) is 7.94. The highest BCUT2D eigenvalue weighted by Crippen LogP contribution is 2.19. The fraction of sp³-hybridized carbons (Fsp3) is 0.222. The van der Waals surface area contributed by atoms with Crippen molar-refractivity contribution in [3.8, 4) is 11.5 Å². The van der Waals surface area contributed by atoms with Crippen LogP contribution in [0.3, 0.4) is 0 Å². The van der Waals surface area contributed by atoms with Crippen LogP contribution < -0.4 is 14.8 Å². The molecule has 0 aliphatic heterocycles. The van der Waals surface area contributed by atoms with E-state index in [-0.39, 0.29) is 30.5 Å². The quantitative estimate of drug-likeness (QED) is 0.560. The van der Waals surface area contributed by atoms with E-state index in [0.717, 1.165) is 0 Å². The van der Waals surface area contributed by atoms with E-state index in [4.69, 9.17) is 9.47 Å². The van der Waals surface area contributed by atoms with Crippen LogP contribution in [-0.4, -0.2) is 48.9 Å². The standard InChI is InChI=1S/C18H19N3O6/c1-20(11-17(22)19-13-5-3-7-15(9-13)26-2)18(23)12-27-16-8-4-6-14(10-16)21(24)25/h3-10H,11-12H2,1-2H3,(H,19,22). The molecule has 142 valence electrons. The van der Waals surface area contributed by atoms with Crippen LogP contribution in [0, 0.1) is 10.1 Å². The van der Waals surface area contributed by atoms with Crippen LogP contribution in [0.4, 0.5) is 11.4 Å². The lowest BCUT2D eigenvalue weighted by Gasteiger charge is -2.17. The van der Waals surface area contributed by atoms with Crippen molar-refractivity contribution < 1.29 is 24.0 Å². The molecule has 0 aliphatic carbocycles. The third kappa shape index (κ3) is 5.99. The summed E-state index contributed by atoms with van der Waals surface area (Å²) in [6, 6.07) is 12.4. The number of ether oxygens (including phenoxy) is 2. The van der Waals surface area contributed by atoms with E-state index in [1.165, 1.54) is 43.3 Å². The molecule has 2 aromatic carbocycles. The van der Waals surface area contributed by atoms with E-state index in [9.17, 15) is 19.7 Å². The summed E-state index contributed by atoms with van der Waals surface area (Å²) in [5.74, 6) is -0.0221. The van der Waals surface area contributed by atoms with E-state index in [2.05, 4.69) is 5.32 Å². The van der Waals surface area contributed by atoms with Crippen molar-refractivity contribution in [3.05, 3.63) is 58.6 Å². The van der Waals surface area contributed by atoms with Crippen molar-refractivity contribution in [2.24, 2.45) is 0 Å². The molecule has 9 nitrogen and oxygen atoms in total. The van der Waals surface area contributed by atoms with Gasteiger partial charge in [0.1, 0.15) is 11.5 Å². The van der Waals surface area contributed by atoms with Crippen molar-refractivity contribution in [1.29, 1.82) is 0 Å². The summed E-state index contributed by atoms with van der Waals surface area (Å²) < 4.78 is 10.3. The largest absolute Gasteiger partial charge is 0.497 e. The number of carbonyl (C=O) groups is 2. The van der Waals surface area contributed by atoms with Gasteiger partial charge in [0, 0.05) is 24.9 Å². The van der Waals surface area contributed by atoms with Crippen LogP contribution in [0.15, 0.2) is 48.5 Å².